The summed E-state index contributed by atoms with van der Waals surface area (Å²) in [4.78, 5) is 8.69. The molecule has 0 spiro atoms. The third-order valence-corrected chi connectivity index (χ3v) is 4.79. The Hall–Kier alpha value is -0.450. The van der Waals surface area contributed by atoms with Gasteiger partial charge in [-0.25, -0.2) is 4.98 Å². The van der Waals surface area contributed by atoms with Gasteiger partial charge in [0.2, 0.25) is 0 Å². The topological polar surface area (TPSA) is 28.2 Å². The lowest BCUT2D eigenvalue weighted by atomic mass is 10.2. The molecule has 2 heterocycles. The first kappa shape index (κ1) is 13.0. The zero-order chi connectivity index (χ0) is 12.3. The average Bonchev–Trinajstić information content (AvgIpc) is 2.70. The molecule has 0 bridgehead atoms. The molecule has 1 saturated heterocycles. The van der Waals surface area contributed by atoms with E-state index in [4.69, 9.17) is 0 Å². The van der Waals surface area contributed by atoms with Gasteiger partial charge < -0.3 is 10.2 Å². The van der Waals surface area contributed by atoms with Crippen LogP contribution in [0.5, 0.6) is 0 Å². The lowest BCUT2D eigenvalue weighted by Crippen LogP contribution is -2.44. The maximum absolute atomic E-state index is 4.66. The van der Waals surface area contributed by atoms with Crippen LogP contribution in [0, 0.1) is 6.92 Å². The van der Waals surface area contributed by atoms with E-state index in [1.807, 2.05) is 11.3 Å². The molecule has 0 aromatic carbocycles. The summed E-state index contributed by atoms with van der Waals surface area (Å²) in [6.45, 7) is 12.4. The highest BCUT2D eigenvalue weighted by Gasteiger charge is 2.13. The molecule has 17 heavy (non-hydrogen) atoms. The van der Waals surface area contributed by atoms with Gasteiger partial charge in [-0.05, 0) is 13.3 Å². The van der Waals surface area contributed by atoms with Crippen LogP contribution < -0.4 is 5.32 Å². The van der Waals surface area contributed by atoms with Crippen LogP contribution in [0.3, 0.4) is 0 Å². The van der Waals surface area contributed by atoms with Crippen molar-refractivity contribution in [3.63, 3.8) is 0 Å². The largest absolute Gasteiger partial charge is 0.314 e. The monoisotopic (exact) mass is 253 g/mol. The quantitative estimate of drug-likeness (QED) is 0.890. The Labute approximate surface area is 108 Å². The van der Waals surface area contributed by atoms with Crippen LogP contribution in [-0.4, -0.2) is 42.6 Å². The summed E-state index contributed by atoms with van der Waals surface area (Å²) in [6.07, 6.45) is 1.16. The minimum Gasteiger partial charge on any atom is -0.314 e. The standard InChI is InChI=1S/C13H23N3S/c1-10(2)13-15-11(3)12(17-13)4-7-16-8-5-14-6-9-16/h10,14H,4-9H2,1-3H3. The van der Waals surface area contributed by atoms with E-state index in [1.165, 1.54) is 35.2 Å². The first-order valence-corrected chi connectivity index (χ1v) is 7.37. The predicted octanol–water partition coefficient (Wildman–Crippen LogP) is 2.02. The van der Waals surface area contributed by atoms with Crippen molar-refractivity contribution >= 4 is 11.3 Å². The number of thiazole rings is 1. The first-order chi connectivity index (χ1) is 8.16. The molecular formula is C13H23N3S. The van der Waals surface area contributed by atoms with Crippen LogP contribution in [0.25, 0.3) is 0 Å². The lowest BCUT2D eigenvalue weighted by Gasteiger charge is -2.26. The Morgan fingerprint density at radius 1 is 1.35 bits per heavy atom. The number of hydrogen-bond acceptors (Lipinski definition) is 4. The van der Waals surface area contributed by atoms with Crippen molar-refractivity contribution in [2.45, 2.75) is 33.1 Å². The Balaban J connectivity index is 1.89. The van der Waals surface area contributed by atoms with Crippen molar-refractivity contribution in [1.82, 2.24) is 15.2 Å². The molecule has 0 radical (unpaired) electrons. The third kappa shape index (κ3) is 3.50. The van der Waals surface area contributed by atoms with Crippen LogP contribution >= 0.6 is 11.3 Å². The van der Waals surface area contributed by atoms with E-state index in [2.05, 4.69) is 36.0 Å². The van der Waals surface area contributed by atoms with E-state index in [1.54, 1.807) is 0 Å². The van der Waals surface area contributed by atoms with Crippen LogP contribution in [-0.2, 0) is 6.42 Å². The van der Waals surface area contributed by atoms with E-state index >= 15 is 0 Å². The second kappa shape index (κ2) is 5.94. The molecule has 1 aliphatic heterocycles. The number of piperazine rings is 1. The van der Waals surface area contributed by atoms with Gasteiger partial charge in [0.25, 0.3) is 0 Å². The molecule has 0 atom stereocenters. The van der Waals surface area contributed by atoms with Crippen LogP contribution in [0.2, 0.25) is 0 Å². The Morgan fingerprint density at radius 3 is 2.65 bits per heavy atom. The molecule has 1 aliphatic rings. The fourth-order valence-electron chi connectivity index (χ4n) is 2.12. The minimum atomic E-state index is 0.562. The van der Waals surface area contributed by atoms with E-state index in [9.17, 15) is 0 Å². The number of aryl methyl sites for hydroxylation is 1. The molecule has 1 fully saturated rings. The van der Waals surface area contributed by atoms with Gasteiger partial charge in [-0.3, -0.25) is 0 Å². The Morgan fingerprint density at radius 2 is 2.06 bits per heavy atom. The maximum atomic E-state index is 4.66. The highest BCUT2D eigenvalue weighted by molar-refractivity contribution is 7.11. The fourth-order valence-corrected chi connectivity index (χ4v) is 3.18. The number of nitrogens with zero attached hydrogens (tertiary/aromatic N) is 2. The van der Waals surface area contributed by atoms with Gasteiger partial charge in [0.1, 0.15) is 0 Å². The van der Waals surface area contributed by atoms with Crippen molar-refractivity contribution < 1.29 is 0 Å². The lowest BCUT2D eigenvalue weighted by molar-refractivity contribution is 0.244. The van der Waals surface area contributed by atoms with Crippen molar-refractivity contribution in [2.75, 3.05) is 32.7 Å². The summed E-state index contributed by atoms with van der Waals surface area (Å²) in [6, 6.07) is 0. The fraction of sp³-hybridized carbons (Fsp3) is 0.769. The minimum absolute atomic E-state index is 0.562. The average molecular weight is 253 g/mol. The molecule has 96 valence electrons. The summed E-state index contributed by atoms with van der Waals surface area (Å²) < 4.78 is 0. The van der Waals surface area contributed by atoms with Gasteiger partial charge in [0, 0.05) is 43.5 Å². The van der Waals surface area contributed by atoms with Crippen molar-refractivity contribution in [2.24, 2.45) is 0 Å². The summed E-state index contributed by atoms with van der Waals surface area (Å²) >= 11 is 1.90. The molecule has 0 aliphatic carbocycles. The smallest absolute Gasteiger partial charge is 0.0956 e. The van der Waals surface area contributed by atoms with Crippen LogP contribution in [0.15, 0.2) is 0 Å². The molecule has 0 amide bonds. The van der Waals surface area contributed by atoms with Gasteiger partial charge in [-0.15, -0.1) is 11.3 Å². The molecular weight excluding hydrogens is 230 g/mol. The predicted molar refractivity (Wildman–Crippen MR) is 74.0 cm³/mol. The van der Waals surface area contributed by atoms with E-state index in [-0.39, 0.29) is 0 Å². The van der Waals surface area contributed by atoms with E-state index < -0.39 is 0 Å². The number of rotatable bonds is 4. The van der Waals surface area contributed by atoms with Crippen LogP contribution in [0.4, 0.5) is 0 Å². The van der Waals surface area contributed by atoms with Crippen molar-refractivity contribution in [1.29, 1.82) is 0 Å². The zero-order valence-corrected chi connectivity index (χ0v) is 11.9. The molecule has 4 heteroatoms. The summed E-state index contributed by atoms with van der Waals surface area (Å²) in [5.41, 5.74) is 1.24. The second-order valence-electron chi connectivity index (χ2n) is 5.06. The highest BCUT2D eigenvalue weighted by atomic mass is 32.1. The maximum Gasteiger partial charge on any atom is 0.0956 e. The molecule has 0 unspecified atom stereocenters. The van der Waals surface area contributed by atoms with E-state index in [0.717, 1.165) is 19.5 Å². The molecule has 3 nitrogen and oxygen atoms in total. The zero-order valence-electron chi connectivity index (χ0n) is 11.1. The molecule has 0 saturated carbocycles. The summed E-state index contributed by atoms with van der Waals surface area (Å²) in [5, 5.41) is 4.68. The van der Waals surface area contributed by atoms with Crippen LogP contribution in [0.1, 0.15) is 35.3 Å². The molecule has 1 aromatic heterocycles. The summed E-state index contributed by atoms with van der Waals surface area (Å²) in [7, 11) is 0. The van der Waals surface area contributed by atoms with Gasteiger partial charge in [-0.2, -0.15) is 0 Å². The number of nitrogens with one attached hydrogen (secondary N) is 1. The Kier molecular flexibility index (Phi) is 4.54. The van der Waals surface area contributed by atoms with Crippen molar-refractivity contribution in [3.05, 3.63) is 15.6 Å². The van der Waals surface area contributed by atoms with Gasteiger partial charge in [0.15, 0.2) is 0 Å². The Bertz CT molecular complexity index is 354. The second-order valence-corrected chi connectivity index (χ2v) is 6.17. The molecule has 1 N–H and O–H groups in total. The number of aromatic nitrogens is 1. The van der Waals surface area contributed by atoms with Gasteiger partial charge in [0.05, 0.1) is 10.7 Å². The van der Waals surface area contributed by atoms with Crippen molar-refractivity contribution in [3.8, 4) is 0 Å². The molecule has 2 rings (SSSR count). The van der Waals surface area contributed by atoms with Gasteiger partial charge in [-0.1, -0.05) is 13.8 Å². The third-order valence-electron chi connectivity index (χ3n) is 3.27. The summed E-state index contributed by atoms with van der Waals surface area (Å²) in [5.74, 6) is 0.562. The highest BCUT2D eigenvalue weighted by Crippen LogP contribution is 2.24. The number of hydrogen-bond donors (Lipinski definition) is 1. The molecule has 1 aromatic rings. The van der Waals surface area contributed by atoms with Gasteiger partial charge >= 0.3 is 0 Å². The normalized spacial score (nSPS) is 17.9. The first-order valence-electron chi connectivity index (χ1n) is 6.56. The van der Waals surface area contributed by atoms with E-state index in [0.29, 0.717) is 5.92 Å². The SMILES string of the molecule is Cc1nc(C(C)C)sc1CCN1CCNCC1.